The van der Waals surface area contributed by atoms with Gasteiger partial charge in [0.15, 0.2) is 5.96 Å². The van der Waals surface area contributed by atoms with Crippen LogP contribution in [0.15, 0.2) is 35.3 Å². The molecular weight excluding hydrogens is 326 g/mol. The van der Waals surface area contributed by atoms with Crippen LogP contribution in [0, 0.1) is 19.8 Å². The van der Waals surface area contributed by atoms with Crippen LogP contribution in [-0.2, 0) is 11.3 Å². The van der Waals surface area contributed by atoms with E-state index in [1.807, 2.05) is 18.7 Å². The van der Waals surface area contributed by atoms with Crippen molar-refractivity contribution < 1.29 is 4.74 Å². The molecule has 0 saturated carbocycles. The summed E-state index contributed by atoms with van der Waals surface area (Å²) in [5.74, 6) is 1.49. The van der Waals surface area contributed by atoms with E-state index in [2.05, 4.69) is 64.6 Å². The quantitative estimate of drug-likeness (QED) is 0.661. The average Bonchev–Trinajstić information content (AvgIpc) is 3.25. The fraction of sp³-hybridized carbons (Fsp3) is 0.500. The molecule has 2 aromatic rings. The number of aromatic nitrogens is 2. The van der Waals surface area contributed by atoms with E-state index in [0.29, 0.717) is 12.5 Å². The predicted molar refractivity (Wildman–Crippen MR) is 105 cm³/mol. The number of nitrogens with zero attached hydrogens (tertiary/aromatic N) is 4. The van der Waals surface area contributed by atoms with Gasteiger partial charge in [-0.15, -0.1) is 0 Å². The Kier molecular flexibility index (Phi) is 5.93. The van der Waals surface area contributed by atoms with Crippen LogP contribution in [0.1, 0.15) is 23.4 Å². The lowest BCUT2D eigenvalue weighted by molar-refractivity contribution is 0.181. The summed E-state index contributed by atoms with van der Waals surface area (Å²) in [4.78, 5) is 6.62. The summed E-state index contributed by atoms with van der Waals surface area (Å²) in [6.45, 7) is 7.49. The molecule has 1 aromatic heterocycles. The fourth-order valence-electron chi connectivity index (χ4n) is 3.50. The van der Waals surface area contributed by atoms with Crippen LogP contribution in [0.2, 0.25) is 0 Å². The van der Waals surface area contributed by atoms with Gasteiger partial charge in [-0.05, 0) is 38.0 Å². The minimum atomic E-state index is 0.584. The molecule has 6 heteroatoms. The minimum absolute atomic E-state index is 0.584. The van der Waals surface area contributed by atoms with Crippen molar-refractivity contribution in [3.05, 3.63) is 47.3 Å². The van der Waals surface area contributed by atoms with Crippen molar-refractivity contribution in [2.45, 2.75) is 26.8 Å². The fourth-order valence-corrected chi connectivity index (χ4v) is 3.50. The van der Waals surface area contributed by atoms with Gasteiger partial charge in [-0.1, -0.05) is 18.2 Å². The van der Waals surface area contributed by atoms with E-state index < -0.39 is 0 Å². The highest BCUT2D eigenvalue weighted by atomic mass is 16.5. The van der Waals surface area contributed by atoms with E-state index in [1.54, 1.807) is 0 Å². The normalized spacial score (nSPS) is 17.5. The molecule has 140 valence electrons. The van der Waals surface area contributed by atoms with Crippen molar-refractivity contribution in [3.8, 4) is 5.69 Å². The average molecular weight is 355 g/mol. The van der Waals surface area contributed by atoms with Crippen molar-refractivity contribution in [1.29, 1.82) is 0 Å². The molecule has 1 N–H and O–H groups in total. The highest BCUT2D eigenvalue weighted by Crippen LogP contribution is 2.17. The van der Waals surface area contributed by atoms with Crippen molar-refractivity contribution in [2.24, 2.45) is 10.9 Å². The van der Waals surface area contributed by atoms with Gasteiger partial charge in [-0.25, -0.2) is 4.68 Å². The summed E-state index contributed by atoms with van der Waals surface area (Å²) in [6, 6.07) is 10.5. The summed E-state index contributed by atoms with van der Waals surface area (Å²) in [5.41, 5.74) is 4.46. The number of guanidine groups is 1. The van der Waals surface area contributed by atoms with Crippen molar-refractivity contribution >= 4 is 5.96 Å². The molecule has 1 saturated heterocycles. The Bertz CT molecular complexity index is 761. The van der Waals surface area contributed by atoms with Gasteiger partial charge < -0.3 is 15.0 Å². The summed E-state index contributed by atoms with van der Waals surface area (Å²) < 4.78 is 7.49. The number of hydrogen-bond acceptors (Lipinski definition) is 3. The number of hydrogen-bond donors (Lipinski definition) is 1. The molecule has 0 amide bonds. The molecule has 2 heterocycles. The smallest absolute Gasteiger partial charge is 0.193 e. The van der Waals surface area contributed by atoms with Crippen LogP contribution < -0.4 is 5.32 Å². The van der Waals surface area contributed by atoms with Crippen LogP contribution in [-0.4, -0.2) is 54.5 Å². The Balaban J connectivity index is 1.69. The molecule has 1 aromatic carbocycles. The van der Waals surface area contributed by atoms with Gasteiger partial charge in [0, 0.05) is 45.4 Å². The zero-order chi connectivity index (χ0) is 18.5. The molecule has 0 aliphatic carbocycles. The molecule has 0 spiro atoms. The third-order valence-corrected chi connectivity index (χ3v) is 4.80. The zero-order valence-corrected chi connectivity index (χ0v) is 16.2. The summed E-state index contributed by atoms with van der Waals surface area (Å²) in [6.07, 6.45) is 1.13. The monoisotopic (exact) mass is 355 g/mol. The van der Waals surface area contributed by atoms with Crippen LogP contribution in [0.25, 0.3) is 5.69 Å². The molecule has 26 heavy (non-hydrogen) atoms. The second kappa shape index (κ2) is 8.36. The topological polar surface area (TPSA) is 54.7 Å². The first-order valence-electron chi connectivity index (χ1n) is 9.19. The van der Waals surface area contributed by atoms with Crippen molar-refractivity contribution in [1.82, 2.24) is 20.0 Å². The Hall–Kier alpha value is -2.34. The number of nitrogens with one attached hydrogen (secondary N) is 1. The number of aryl methyl sites for hydroxylation is 2. The lowest BCUT2D eigenvalue weighted by Gasteiger charge is -2.25. The molecule has 1 aliphatic rings. The van der Waals surface area contributed by atoms with E-state index in [0.717, 1.165) is 49.2 Å². The summed E-state index contributed by atoms with van der Waals surface area (Å²) in [5, 5.41) is 8.12. The van der Waals surface area contributed by atoms with E-state index in [1.165, 1.54) is 5.56 Å². The van der Waals surface area contributed by atoms with Crippen LogP contribution in [0.5, 0.6) is 0 Å². The van der Waals surface area contributed by atoms with Crippen molar-refractivity contribution in [2.75, 3.05) is 33.9 Å². The predicted octanol–water partition coefficient (Wildman–Crippen LogP) is 2.53. The van der Waals surface area contributed by atoms with Crippen LogP contribution in [0.4, 0.5) is 0 Å². The maximum absolute atomic E-state index is 5.48. The first-order chi connectivity index (χ1) is 12.6. The lowest BCUT2D eigenvalue weighted by Crippen LogP contribution is -2.41. The lowest BCUT2D eigenvalue weighted by atomic mass is 10.1. The third kappa shape index (κ3) is 4.25. The van der Waals surface area contributed by atoms with Crippen LogP contribution >= 0.6 is 0 Å². The highest BCUT2D eigenvalue weighted by molar-refractivity contribution is 5.79. The molecule has 0 radical (unpaired) electrons. The van der Waals surface area contributed by atoms with Gasteiger partial charge in [0.2, 0.25) is 0 Å². The van der Waals surface area contributed by atoms with Crippen LogP contribution in [0.3, 0.4) is 0 Å². The van der Waals surface area contributed by atoms with Gasteiger partial charge in [0.05, 0.1) is 18.0 Å². The Morgan fingerprint density at radius 2 is 2.19 bits per heavy atom. The van der Waals surface area contributed by atoms with Gasteiger partial charge in [-0.3, -0.25) is 4.99 Å². The number of aliphatic imine (C=N–C) groups is 1. The van der Waals surface area contributed by atoms with E-state index >= 15 is 0 Å². The summed E-state index contributed by atoms with van der Waals surface area (Å²) in [7, 11) is 3.91. The third-order valence-electron chi connectivity index (χ3n) is 4.80. The molecule has 1 aliphatic heterocycles. The molecule has 3 rings (SSSR count). The largest absolute Gasteiger partial charge is 0.381 e. The SMILES string of the molecule is CN=C(NCc1ccccc1-n1nc(C)cc1C)N(C)CC1CCOC1. The number of ether oxygens (including phenoxy) is 1. The Labute approximate surface area is 155 Å². The standard InChI is InChI=1S/C20H29N5O/c1-15-11-16(2)25(23-15)19-8-6-5-7-18(19)12-22-20(21-3)24(4)13-17-9-10-26-14-17/h5-8,11,17H,9-10,12-14H2,1-4H3,(H,21,22). The molecule has 1 fully saturated rings. The molecule has 1 atom stereocenters. The van der Waals surface area contributed by atoms with Gasteiger partial charge in [-0.2, -0.15) is 5.10 Å². The Morgan fingerprint density at radius 1 is 1.38 bits per heavy atom. The van der Waals surface area contributed by atoms with Gasteiger partial charge in [0.1, 0.15) is 0 Å². The van der Waals surface area contributed by atoms with E-state index in [9.17, 15) is 0 Å². The zero-order valence-electron chi connectivity index (χ0n) is 16.2. The molecule has 1 unspecified atom stereocenters. The number of rotatable bonds is 5. The second-order valence-corrected chi connectivity index (χ2v) is 6.98. The molecular formula is C20H29N5O. The first kappa shape index (κ1) is 18.5. The minimum Gasteiger partial charge on any atom is -0.381 e. The van der Waals surface area contributed by atoms with Crippen molar-refractivity contribution in [3.63, 3.8) is 0 Å². The maximum atomic E-state index is 5.48. The maximum Gasteiger partial charge on any atom is 0.193 e. The number of para-hydroxylation sites is 1. The highest BCUT2D eigenvalue weighted by Gasteiger charge is 2.19. The first-order valence-corrected chi connectivity index (χ1v) is 9.19. The van der Waals surface area contributed by atoms with Gasteiger partial charge in [0.25, 0.3) is 0 Å². The number of benzene rings is 1. The Morgan fingerprint density at radius 3 is 2.85 bits per heavy atom. The molecule has 6 nitrogen and oxygen atoms in total. The van der Waals surface area contributed by atoms with Gasteiger partial charge >= 0.3 is 0 Å². The van der Waals surface area contributed by atoms with E-state index in [4.69, 9.17) is 4.74 Å². The van der Waals surface area contributed by atoms with E-state index in [-0.39, 0.29) is 0 Å². The summed E-state index contributed by atoms with van der Waals surface area (Å²) >= 11 is 0. The molecule has 0 bridgehead atoms. The second-order valence-electron chi connectivity index (χ2n) is 6.98.